The number of thiazole rings is 1. The summed E-state index contributed by atoms with van der Waals surface area (Å²) in [7, 11) is 1.77. The van der Waals surface area contributed by atoms with E-state index < -0.39 is 0 Å². The van der Waals surface area contributed by atoms with Crippen LogP contribution in [-0.4, -0.2) is 48.5 Å². The molecule has 2 N–H and O–H groups in total. The number of likely N-dealkylation sites (tertiary alicyclic amines) is 1. The number of nitrogens with two attached hydrogens (primary N) is 1. The fourth-order valence-corrected chi connectivity index (χ4v) is 3.51. The van der Waals surface area contributed by atoms with Crippen LogP contribution in [0.3, 0.4) is 0 Å². The topological polar surface area (TPSA) is 62.5 Å². The van der Waals surface area contributed by atoms with E-state index >= 15 is 0 Å². The van der Waals surface area contributed by atoms with Gasteiger partial charge in [0.25, 0.3) is 0 Å². The summed E-state index contributed by atoms with van der Waals surface area (Å²) in [6.07, 6.45) is 1.71. The van der Waals surface area contributed by atoms with Crippen LogP contribution in [0.1, 0.15) is 11.5 Å². The highest BCUT2D eigenvalue weighted by Gasteiger charge is 2.32. The summed E-state index contributed by atoms with van der Waals surface area (Å²) in [6.45, 7) is 1.95. The minimum absolute atomic E-state index is 0. The van der Waals surface area contributed by atoms with Gasteiger partial charge >= 0.3 is 0 Å². The molecule has 24 heavy (non-hydrogen) atoms. The van der Waals surface area contributed by atoms with Crippen LogP contribution in [0.25, 0.3) is 0 Å². The van der Waals surface area contributed by atoms with Crippen molar-refractivity contribution in [3.05, 3.63) is 47.5 Å². The van der Waals surface area contributed by atoms with Gasteiger partial charge in [0.1, 0.15) is 0 Å². The standard InChI is InChI=1S/C16H20N4OS.2ClH/c1-19(16-18-7-8-22-16)15(21)11-20-9-13(14(17)10-20)12-5-3-2-4-6-12;;/h2-8,13-14H,9-11,17H2,1H3;2*1H/t13-,14+;;/m0../s1. The van der Waals surface area contributed by atoms with Crippen LogP contribution in [0, 0.1) is 0 Å². The molecule has 0 bridgehead atoms. The fourth-order valence-electron chi connectivity index (χ4n) is 2.88. The molecule has 1 fully saturated rings. The number of carbonyl (C=O) groups excluding carboxylic acids is 1. The predicted molar refractivity (Wildman–Crippen MR) is 104 cm³/mol. The summed E-state index contributed by atoms with van der Waals surface area (Å²) in [5, 5.41) is 2.60. The summed E-state index contributed by atoms with van der Waals surface area (Å²) in [5.74, 6) is 0.343. The van der Waals surface area contributed by atoms with E-state index in [1.165, 1.54) is 16.9 Å². The number of nitrogens with zero attached hydrogens (tertiary/aromatic N) is 3. The molecular weight excluding hydrogens is 367 g/mol. The first-order chi connectivity index (χ1) is 10.6. The van der Waals surface area contributed by atoms with Crippen LogP contribution in [0.5, 0.6) is 0 Å². The molecule has 1 aliphatic heterocycles. The SMILES string of the molecule is CN(C(=O)CN1C[C@@H](N)[C@H](c2ccccc2)C1)c1nccs1.Cl.Cl. The normalized spacial score (nSPS) is 20.1. The number of benzene rings is 1. The molecule has 1 saturated heterocycles. The van der Waals surface area contributed by atoms with Crippen LogP contribution >= 0.6 is 36.2 Å². The molecule has 0 unspecified atom stereocenters. The maximum absolute atomic E-state index is 12.4. The van der Waals surface area contributed by atoms with Gasteiger partial charge in [-0.2, -0.15) is 0 Å². The van der Waals surface area contributed by atoms with Crippen molar-refractivity contribution in [2.45, 2.75) is 12.0 Å². The number of hydrogen-bond donors (Lipinski definition) is 1. The summed E-state index contributed by atoms with van der Waals surface area (Å²) >= 11 is 1.47. The van der Waals surface area contributed by atoms with Crippen LogP contribution in [0.2, 0.25) is 0 Å². The lowest BCUT2D eigenvalue weighted by molar-refractivity contribution is -0.119. The first-order valence-electron chi connectivity index (χ1n) is 7.34. The number of amides is 1. The molecule has 0 radical (unpaired) electrons. The van der Waals surface area contributed by atoms with Gasteiger partial charge in [-0.15, -0.1) is 36.2 Å². The molecule has 0 aliphatic carbocycles. The van der Waals surface area contributed by atoms with Crippen LogP contribution < -0.4 is 10.6 Å². The fraction of sp³-hybridized carbons (Fsp3) is 0.375. The van der Waals surface area contributed by atoms with Gasteiger partial charge in [0, 0.05) is 43.7 Å². The molecule has 2 aromatic rings. The molecule has 2 heterocycles. The van der Waals surface area contributed by atoms with Crippen molar-refractivity contribution in [3.8, 4) is 0 Å². The second-order valence-electron chi connectivity index (χ2n) is 5.64. The second kappa shape index (κ2) is 9.34. The van der Waals surface area contributed by atoms with Crippen molar-refractivity contribution in [2.24, 2.45) is 5.73 Å². The maximum Gasteiger partial charge on any atom is 0.242 e. The number of hydrogen-bond acceptors (Lipinski definition) is 5. The Morgan fingerprint density at radius 2 is 2.04 bits per heavy atom. The first kappa shape index (κ1) is 20.9. The van der Waals surface area contributed by atoms with Crippen LogP contribution in [0.4, 0.5) is 5.13 Å². The average molecular weight is 389 g/mol. The number of rotatable bonds is 4. The second-order valence-corrected chi connectivity index (χ2v) is 6.52. The van der Waals surface area contributed by atoms with Crippen molar-refractivity contribution in [1.29, 1.82) is 0 Å². The largest absolute Gasteiger partial charge is 0.326 e. The Bertz CT molecular complexity index is 626. The quantitative estimate of drug-likeness (QED) is 0.872. The summed E-state index contributed by atoms with van der Waals surface area (Å²) in [4.78, 5) is 20.3. The van der Waals surface area contributed by atoms with E-state index in [1.807, 2.05) is 23.6 Å². The zero-order valence-electron chi connectivity index (χ0n) is 13.4. The number of carbonyl (C=O) groups is 1. The molecule has 0 saturated carbocycles. The summed E-state index contributed by atoms with van der Waals surface area (Å²) in [6, 6.07) is 10.4. The van der Waals surface area contributed by atoms with Gasteiger partial charge in [-0.3, -0.25) is 14.6 Å². The lowest BCUT2D eigenvalue weighted by atomic mass is 9.95. The van der Waals surface area contributed by atoms with Crippen molar-refractivity contribution in [3.63, 3.8) is 0 Å². The lowest BCUT2D eigenvalue weighted by Crippen LogP contribution is -2.38. The van der Waals surface area contributed by atoms with Gasteiger partial charge in [-0.05, 0) is 5.56 Å². The molecular formula is C16H22Cl2N4OS. The van der Waals surface area contributed by atoms with E-state index in [-0.39, 0.29) is 36.8 Å². The Hall–Kier alpha value is -1.18. The Morgan fingerprint density at radius 1 is 1.33 bits per heavy atom. The number of aromatic nitrogens is 1. The zero-order chi connectivity index (χ0) is 15.5. The summed E-state index contributed by atoms with van der Waals surface area (Å²) < 4.78 is 0. The lowest BCUT2D eigenvalue weighted by Gasteiger charge is -2.19. The molecule has 8 heteroatoms. The highest BCUT2D eigenvalue weighted by Crippen LogP contribution is 2.26. The zero-order valence-corrected chi connectivity index (χ0v) is 15.8. The third-order valence-electron chi connectivity index (χ3n) is 4.11. The third-order valence-corrected chi connectivity index (χ3v) is 4.96. The number of halogens is 2. The third kappa shape index (κ3) is 4.68. The Kier molecular flexibility index (Phi) is 8.12. The van der Waals surface area contributed by atoms with Crippen molar-refractivity contribution in [1.82, 2.24) is 9.88 Å². The molecule has 3 rings (SSSR count). The van der Waals surface area contributed by atoms with Gasteiger partial charge in [0.2, 0.25) is 5.91 Å². The van der Waals surface area contributed by atoms with Gasteiger partial charge in [0.15, 0.2) is 5.13 Å². The van der Waals surface area contributed by atoms with E-state index in [9.17, 15) is 4.79 Å². The van der Waals surface area contributed by atoms with Gasteiger partial charge in [-0.25, -0.2) is 4.98 Å². The first-order valence-corrected chi connectivity index (χ1v) is 8.22. The Balaban J connectivity index is 0.00000144. The van der Waals surface area contributed by atoms with Crippen molar-refractivity contribution < 1.29 is 4.79 Å². The molecule has 5 nitrogen and oxygen atoms in total. The molecule has 1 aromatic carbocycles. The number of anilines is 1. The minimum atomic E-state index is 0. The van der Waals surface area contributed by atoms with Crippen molar-refractivity contribution in [2.75, 3.05) is 31.6 Å². The van der Waals surface area contributed by atoms with E-state index in [1.54, 1.807) is 18.1 Å². The van der Waals surface area contributed by atoms with Crippen LogP contribution in [-0.2, 0) is 4.79 Å². The molecule has 1 aromatic heterocycles. The smallest absolute Gasteiger partial charge is 0.242 e. The van der Waals surface area contributed by atoms with Gasteiger partial charge in [-0.1, -0.05) is 30.3 Å². The van der Waals surface area contributed by atoms with E-state index in [2.05, 4.69) is 22.0 Å². The summed E-state index contributed by atoms with van der Waals surface area (Å²) in [5.41, 5.74) is 7.52. The molecule has 132 valence electrons. The molecule has 1 aliphatic rings. The predicted octanol–water partition coefficient (Wildman–Crippen LogP) is 2.38. The molecule has 2 atom stereocenters. The van der Waals surface area contributed by atoms with Crippen molar-refractivity contribution >= 4 is 47.2 Å². The van der Waals surface area contributed by atoms with E-state index in [4.69, 9.17) is 5.73 Å². The highest BCUT2D eigenvalue weighted by molar-refractivity contribution is 7.13. The Morgan fingerprint density at radius 3 is 2.67 bits per heavy atom. The molecule has 0 spiro atoms. The van der Waals surface area contributed by atoms with Gasteiger partial charge < -0.3 is 5.73 Å². The maximum atomic E-state index is 12.4. The molecule has 1 amide bonds. The van der Waals surface area contributed by atoms with Crippen LogP contribution in [0.15, 0.2) is 41.9 Å². The van der Waals surface area contributed by atoms with E-state index in [0.29, 0.717) is 12.5 Å². The number of likely N-dealkylation sites (N-methyl/N-ethyl adjacent to an activating group) is 1. The Labute approximate surface area is 158 Å². The monoisotopic (exact) mass is 388 g/mol. The van der Waals surface area contributed by atoms with Gasteiger partial charge in [0.05, 0.1) is 6.54 Å². The minimum Gasteiger partial charge on any atom is -0.326 e. The highest BCUT2D eigenvalue weighted by atomic mass is 35.5. The van der Waals surface area contributed by atoms with E-state index in [0.717, 1.165) is 18.2 Å². The average Bonchev–Trinajstić information content (AvgIpc) is 3.17.